The molecular weight excluding hydrogens is 254 g/mol. The Morgan fingerprint density at radius 1 is 1.30 bits per heavy atom. The molecule has 0 radical (unpaired) electrons. The summed E-state index contributed by atoms with van der Waals surface area (Å²) in [6.07, 6.45) is 0. The van der Waals surface area contributed by atoms with Gasteiger partial charge in [0.2, 0.25) is 0 Å². The predicted octanol–water partition coefficient (Wildman–Crippen LogP) is 2.99. The smallest absolute Gasteiger partial charge is 0.289 e. The first kappa shape index (κ1) is 16.0. The lowest BCUT2D eigenvalue weighted by atomic mass is 10.0. The number of hydrogen-bond acceptors (Lipinski definition) is 4. The van der Waals surface area contributed by atoms with Gasteiger partial charge in [-0.2, -0.15) is 0 Å². The number of methoxy groups -OCH3 is 1. The van der Waals surface area contributed by atoms with Crippen LogP contribution in [0.3, 0.4) is 0 Å². The number of nitrogens with zero attached hydrogens (tertiary/aromatic N) is 1. The van der Waals surface area contributed by atoms with Crippen molar-refractivity contribution in [1.82, 2.24) is 4.90 Å². The Hall–Kier alpha value is -2.04. The zero-order valence-corrected chi connectivity index (χ0v) is 12.8. The fraction of sp³-hybridized carbons (Fsp3) is 0.467. The topological polar surface area (TPSA) is 69.4 Å². The summed E-state index contributed by atoms with van der Waals surface area (Å²) in [6, 6.07) is 6.01. The largest absolute Gasteiger partial charge is 0.485 e. The molecule has 0 aromatic heterocycles. The van der Waals surface area contributed by atoms with E-state index in [2.05, 4.69) is 26.0 Å². The van der Waals surface area contributed by atoms with Crippen LogP contribution in [0.1, 0.15) is 30.9 Å². The van der Waals surface area contributed by atoms with Gasteiger partial charge in [0.1, 0.15) is 18.2 Å². The van der Waals surface area contributed by atoms with Gasteiger partial charge in [-0.15, -0.1) is 0 Å². The number of ether oxygens (including phenoxy) is 2. The van der Waals surface area contributed by atoms with Gasteiger partial charge in [-0.3, -0.25) is 15.7 Å². The molecule has 0 saturated carbocycles. The van der Waals surface area contributed by atoms with Gasteiger partial charge in [0.15, 0.2) is 0 Å². The summed E-state index contributed by atoms with van der Waals surface area (Å²) in [5.74, 6) is 1.32. The van der Waals surface area contributed by atoms with E-state index >= 15 is 0 Å². The molecule has 0 atom stereocenters. The quantitative estimate of drug-likeness (QED) is 0.656. The number of aryl methyl sites for hydroxylation is 1. The minimum atomic E-state index is -0.0769. The molecule has 1 rings (SSSR count). The van der Waals surface area contributed by atoms with Crippen molar-refractivity contribution in [1.29, 1.82) is 10.8 Å². The molecule has 0 bridgehead atoms. The second kappa shape index (κ2) is 6.93. The highest BCUT2D eigenvalue weighted by Crippen LogP contribution is 2.27. The summed E-state index contributed by atoms with van der Waals surface area (Å²) < 4.78 is 10.5. The molecule has 1 aromatic carbocycles. The molecule has 0 unspecified atom stereocenters. The molecule has 0 amide bonds. The van der Waals surface area contributed by atoms with Crippen molar-refractivity contribution in [3.05, 3.63) is 29.3 Å². The zero-order valence-electron chi connectivity index (χ0n) is 12.8. The maximum absolute atomic E-state index is 7.89. The van der Waals surface area contributed by atoms with Crippen LogP contribution in [0.15, 0.2) is 18.2 Å². The molecule has 110 valence electrons. The molecule has 0 aliphatic rings. The van der Waals surface area contributed by atoms with E-state index in [0.717, 1.165) is 16.9 Å². The monoisotopic (exact) mass is 277 g/mol. The lowest BCUT2D eigenvalue weighted by molar-refractivity contribution is 0.325. The fourth-order valence-electron chi connectivity index (χ4n) is 1.75. The molecule has 0 spiro atoms. The van der Waals surface area contributed by atoms with Gasteiger partial charge in [-0.1, -0.05) is 26.0 Å². The standard InChI is InChI=1S/C15H23N3O2/c1-10(2)12-7-6-11(3)8-13(12)20-9-14(16)18(4)15(17)19-5/h6-8,10,16-17H,9H2,1-5H3. The fourth-order valence-corrected chi connectivity index (χ4v) is 1.75. The third kappa shape index (κ3) is 3.98. The Kier molecular flexibility index (Phi) is 5.55. The lowest BCUT2D eigenvalue weighted by Gasteiger charge is -2.20. The molecular formula is C15H23N3O2. The van der Waals surface area contributed by atoms with E-state index in [1.54, 1.807) is 7.05 Å². The van der Waals surface area contributed by atoms with Crippen LogP contribution in [-0.4, -0.2) is 37.5 Å². The normalized spacial score (nSPS) is 10.3. The molecule has 5 heteroatoms. The molecule has 20 heavy (non-hydrogen) atoms. The Labute approximate surface area is 120 Å². The van der Waals surface area contributed by atoms with Gasteiger partial charge in [0.25, 0.3) is 6.02 Å². The third-order valence-corrected chi connectivity index (χ3v) is 3.06. The van der Waals surface area contributed by atoms with Gasteiger partial charge in [0.05, 0.1) is 7.11 Å². The lowest BCUT2D eigenvalue weighted by Crippen LogP contribution is -2.36. The number of likely N-dealkylation sites (N-methyl/N-ethyl adjacent to an activating group) is 1. The van der Waals surface area contributed by atoms with Crippen molar-refractivity contribution in [2.75, 3.05) is 20.8 Å². The number of rotatable bonds is 4. The summed E-state index contributed by atoms with van der Waals surface area (Å²) >= 11 is 0. The van der Waals surface area contributed by atoms with Crippen LogP contribution >= 0.6 is 0 Å². The van der Waals surface area contributed by atoms with Crippen LogP contribution in [0.5, 0.6) is 5.75 Å². The van der Waals surface area contributed by atoms with Gasteiger partial charge in [-0.25, -0.2) is 0 Å². The van der Waals surface area contributed by atoms with Crippen LogP contribution in [0.2, 0.25) is 0 Å². The van der Waals surface area contributed by atoms with E-state index < -0.39 is 0 Å². The predicted molar refractivity (Wildman–Crippen MR) is 81.0 cm³/mol. The van der Waals surface area contributed by atoms with Crippen LogP contribution in [-0.2, 0) is 4.74 Å². The third-order valence-electron chi connectivity index (χ3n) is 3.06. The number of hydrogen-bond donors (Lipinski definition) is 2. The number of amidine groups is 2. The second-order valence-corrected chi connectivity index (χ2v) is 5.00. The highest BCUT2D eigenvalue weighted by atomic mass is 16.5. The van der Waals surface area contributed by atoms with Crippen molar-refractivity contribution >= 4 is 11.9 Å². The van der Waals surface area contributed by atoms with E-state index in [1.165, 1.54) is 12.0 Å². The van der Waals surface area contributed by atoms with Crippen molar-refractivity contribution < 1.29 is 9.47 Å². The first-order valence-corrected chi connectivity index (χ1v) is 6.53. The van der Waals surface area contributed by atoms with Gasteiger partial charge in [-0.05, 0) is 30.0 Å². The first-order valence-electron chi connectivity index (χ1n) is 6.53. The summed E-state index contributed by atoms with van der Waals surface area (Å²) in [4.78, 5) is 1.34. The second-order valence-electron chi connectivity index (χ2n) is 5.00. The van der Waals surface area contributed by atoms with Crippen LogP contribution in [0, 0.1) is 17.7 Å². The maximum Gasteiger partial charge on any atom is 0.289 e. The van der Waals surface area contributed by atoms with Crippen LogP contribution < -0.4 is 4.74 Å². The van der Waals surface area contributed by atoms with Crippen molar-refractivity contribution in [3.8, 4) is 5.75 Å². The zero-order chi connectivity index (χ0) is 15.3. The molecule has 0 saturated heterocycles. The highest BCUT2D eigenvalue weighted by Gasteiger charge is 2.13. The Bertz CT molecular complexity index is 498. The van der Waals surface area contributed by atoms with E-state index in [-0.39, 0.29) is 18.5 Å². The molecule has 0 aliphatic heterocycles. The number of benzene rings is 1. The van der Waals surface area contributed by atoms with E-state index in [1.807, 2.05) is 13.0 Å². The average molecular weight is 277 g/mol. The minimum absolute atomic E-state index is 0.0769. The molecule has 0 aliphatic carbocycles. The van der Waals surface area contributed by atoms with Gasteiger partial charge in [0, 0.05) is 7.05 Å². The first-order chi connectivity index (χ1) is 9.36. The molecule has 2 N–H and O–H groups in total. The summed E-state index contributed by atoms with van der Waals surface area (Å²) in [5, 5.41) is 15.4. The molecule has 1 aromatic rings. The Morgan fingerprint density at radius 3 is 2.50 bits per heavy atom. The van der Waals surface area contributed by atoms with Gasteiger partial charge >= 0.3 is 0 Å². The minimum Gasteiger partial charge on any atom is -0.485 e. The summed E-state index contributed by atoms with van der Waals surface area (Å²) in [6.45, 7) is 6.32. The number of nitrogens with one attached hydrogen (secondary N) is 2. The highest BCUT2D eigenvalue weighted by molar-refractivity contribution is 5.94. The summed E-state index contributed by atoms with van der Waals surface area (Å²) in [5.41, 5.74) is 2.24. The van der Waals surface area contributed by atoms with Crippen molar-refractivity contribution in [2.45, 2.75) is 26.7 Å². The molecule has 0 heterocycles. The van der Waals surface area contributed by atoms with E-state index in [0.29, 0.717) is 5.92 Å². The SMILES string of the molecule is COC(=N)N(C)C(=N)COc1cc(C)ccc1C(C)C. The maximum atomic E-state index is 7.89. The Balaban J connectivity index is 2.77. The summed E-state index contributed by atoms with van der Waals surface area (Å²) in [7, 11) is 3.02. The molecule has 5 nitrogen and oxygen atoms in total. The molecule has 0 fully saturated rings. The van der Waals surface area contributed by atoms with E-state index in [9.17, 15) is 0 Å². The van der Waals surface area contributed by atoms with Crippen LogP contribution in [0.25, 0.3) is 0 Å². The van der Waals surface area contributed by atoms with Crippen molar-refractivity contribution in [2.24, 2.45) is 0 Å². The van der Waals surface area contributed by atoms with Crippen molar-refractivity contribution in [3.63, 3.8) is 0 Å². The average Bonchev–Trinajstić information content (AvgIpc) is 2.42. The van der Waals surface area contributed by atoms with Crippen LogP contribution in [0.4, 0.5) is 0 Å². The van der Waals surface area contributed by atoms with E-state index in [4.69, 9.17) is 20.3 Å². The van der Waals surface area contributed by atoms with Gasteiger partial charge < -0.3 is 9.47 Å². The Morgan fingerprint density at radius 2 is 1.95 bits per heavy atom.